The van der Waals surface area contributed by atoms with Crippen LogP contribution in [0.1, 0.15) is 26.2 Å². The minimum absolute atomic E-state index is 0.131. The van der Waals surface area contributed by atoms with E-state index in [1.54, 1.807) is 0 Å². The van der Waals surface area contributed by atoms with Crippen molar-refractivity contribution in [3.63, 3.8) is 0 Å². The Morgan fingerprint density at radius 2 is 2.16 bits per heavy atom. The molecule has 0 bridgehead atoms. The van der Waals surface area contributed by atoms with Crippen LogP contribution in [0, 0.1) is 0 Å². The standard InChI is InChI=1S/C14H19N3O2/c1-3-18-12-7-5-4-6-11(12)14-16-13(19-17-14)9-8-10(2)15/h4-7,10H,3,8-9,15H2,1-2H3. The average Bonchev–Trinajstić information content (AvgIpc) is 2.86. The minimum Gasteiger partial charge on any atom is -0.493 e. The van der Waals surface area contributed by atoms with Gasteiger partial charge in [-0.15, -0.1) is 0 Å². The molecule has 1 heterocycles. The van der Waals surface area contributed by atoms with Crippen molar-refractivity contribution >= 4 is 0 Å². The molecule has 102 valence electrons. The molecule has 0 amide bonds. The van der Waals surface area contributed by atoms with Crippen LogP contribution < -0.4 is 10.5 Å². The normalized spacial score (nSPS) is 12.4. The van der Waals surface area contributed by atoms with Gasteiger partial charge in [-0.25, -0.2) is 0 Å². The first kappa shape index (κ1) is 13.5. The van der Waals surface area contributed by atoms with Gasteiger partial charge in [-0.05, 0) is 32.4 Å². The molecule has 1 aromatic carbocycles. The third kappa shape index (κ3) is 3.54. The summed E-state index contributed by atoms with van der Waals surface area (Å²) in [4.78, 5) is 4.38. The van der Waals surface area contributed by atoms with Crippen LogP contribution in [0.15, 0.2) is 28.8 Å². The van der Waals surface area contributed by atoms with Crippen LogP contribution in [-0.4, -0.2) is 22.8 Å². The van der Waals surface area contributed by atoms with Gasteiger partial charge < -0.3 is 15.0 Å². The van der Waals surface area contributed by atoms with Gasteiger partial charge in [-0.2, -0.15) is 4.98 Å². The molecular weight excluding hydrogens is 242 g/mol. The Labute approximate surface area is 112 Å². The number of rotatable bonds is 6. The summed E-state index contributed by atoms with van der Waals surface area (Å²) in [5.41, 5.74) is 6.56. The second kappa shape index (κ2) is 6.33. The lowest BCUT2D eigenvalue weighted by molar-refractivity contribution is 0.340. The van der Waals surface area contributed by atoms with Gasteiger partial charge in [0.05, 0.1) is 12.2 Å². The molecule has 2 aromatic rings. The van der Waals surface area contributed by atoms with E-state index in [4.69, 9.17) is 15.0 Å². The molecule has 1 aromatic heterocycles. The molecule has 19 heavy (non-hydrogen) atoms. The van der Waals surface area contributed by atoms with Gasteiger partial charge in [-0.1, -0.05) is 17.3 Å². The Bertz CT molecular complexity index is 523. The fourth-order valence-corrected chi connectivity index (χ4v) is 1.75. The molecule has 2 N–H and O–H groups in total. The summed E-state index contributed by atoms with van der Waals surface area (Å²) < 4.78 is 10.8. The van der Waals surface area contributed by atoms with E-state index in [9.17, 15) is 0 Å². The summed E-state index contributed by atoms with van der Waals surface area (Å²) in [7, 11) is 0. The van der Waals surface area contributed by atoms with Crippen LogP contribution >= 0.6 is 0 Å². The van der Waals surface area contributed by atoms with Gasteiger partial charge in [-0.3, -0.25) is 0 Å². The summed E-state index contributed by atoms with van der Waals surface area (Å²) in [6.07, 6.45) is 1.52. The molecule has 1 unspecified atom stereocenters. The van der Waals surface area contributed by atoms with E-state index in [1.165, 1.54) is 0 Å². The monoisotopic (exact) mass is 261 g/mol. The molecule has 2 rings (SSSR count). The van der Waals surface area contributed by atoms with Crippen molar-refractivity contribution in [3.05, 3.63) is 30.2 Å². The lowest BCUT2D eigenvalue weighted by Crippen LogP contribution is -2.15. The van der Waals surface area contributed by atoms with Gasteiger partial charge in [0.2, 0.25) is 11.7 Å². The number of nitrogens with zero attached hydrogens (tertiary/aromatic N) is 2. The maximum Gasteiger partial charge on any atom is 0.227 e. The maximum absolute atomic E-state index is 5.71. The van der Waals surface area contributed by atoms with Crippen LogP contribution in [0.2, 0.25) is 0 Å². The Hall–Kier alpha value is -1.88. The molecule has 1 atom stereocenters. The lowest BCUT2D eigenvalue weighted by Gasteiger charge is -2.06. The second-order valence-electron chi connectivity index (χ2n) is 4.46. The number of ether oxygens (including phenoxy) is 1. The third-order valence-electron chi connectivity index (χ3n) is 2.71. The molecule has 0 saturated heterocycles. The van der Waals surface area contributed by atoms with Crippen molar-refractivity contribution in [3.8, 4) is 17.1 Å². The van der Waals surface area contributed by atoms with Crippen molar-refractivity contribution in [2.75, 3.05) is 6.61 Å². The zero-order valence-electron chi connectivity index (χ0n) is 11.3. The topological polar surface area (TPSA) is 74.2 Å². The van der Waals surface area contributed by atoms with E-state index >= 15 is 0 Å². The summed E-state index contributed by atoms with van der Waals surface area (Å²) in [5, 5.41) is 4.00. The summed E-state index contributed by atoms with van der Waals surface area (Å²) >= 11 is 0. The Morgan fingerprint density at radius 1 is 1.37 bits per heavy atom. The summed E-state index contributed by atoms with van der Waals surface area (Å²) in [6.45, 7) is 4.51. The second-order valence-corrected chi connectivity index (χ2v) is 4.46. The molecule has 0 radical (unpaired) electrons. The van der Waals surface area contributed by atoms with E-state index in [2.05, 4.69) is 10.1 Å². The molecule has 0 saturated carbocycles. The minimum atomic E-state index is 0.131. The highest BCUT2D eigenvalue weighted by Gasteiger charge is 2.13. The zero-order valence-corrected chi connectivity index (χ0v) is 11.3. The quantitative estimate of drug-likeness (QED) is 0.864. The maximum atomic E-state index is 5.71. The highest BCUT2D eigenvalue weighted by molar-refractivity contribution is 5.63. The van der Waals surface area contributed by atoms with Gasteiger partial charge in [0.15, 0.2) is 0 Å². The van der Waals surface area contributed by atoms with Crippen LogP contribution in [0.4, 0.5) is 0 Å². The molecule has 5 nitrogen and oxygen atoms in total. The predicted molar refractivity (Wildman–Crippen MR) is 72.9 cm³/mol. The Kier molecular flexibility index (Phi) is 4.52. The number of hydrogen-bond acceptors (Lipinski definition) is 5. The van der Waals surface area contributed by atoms with Crippen molar-refractivity contribution in [1.29, 1.82) is 0 Å². The van der Waals surface area contributed by atoms with Crippen LogP contribution in [-0.2, 0) is 6.42 Å². The number of aromatic nitrogens is 2. The number of benzene rings is 1. The third-order valence-corrected chi connectivity index (χ3v) is 2.71. The van der Waals surface area contributed by atoms with Gasteiger partial charge in [0, 0.05) is 12.5 Å². The van der Waals surface area contributed by atoms with Crippen molar-refractivity contribution in [2.24, 2.45) is 5.73 Å². The van der Waals surface area contributed by atoms with Crippen LogP contribution in [0.25, 0.3) is 11.4 Å². The van der Waals surface area contributed by atoms with E-state index in [0.717, 1.165) is 17.7 Å². The van der Waals surface area contributed by atoms with Crippen LogP contribution in [0.3, 0.4) is 0 Å². The first-order chi connectivity index (χ1) is 9.20. The van der Waals surface area contributed by atoms with Crippen molar-refractivity contribution in [1.82, 2.24) is 10.1 Å². The van der Waals surface area contributed by atoms with E-state index in [-0.39, 0.29) is 6.04 Å². The fraction of sp³-hybridized carbons (Fsp3) is 0.429. The Morgan fingerprint density at radius 3 is 2.89 bits per heavy atom. The highest BCUT2D eigenvalue weighted by Crippen LogP contribution is 2.27. The van der Waals surface area contributed by atoms with E-state index in [1.807, 2.05) is 38.1 Å². The zero-order chi connectivity index (χ0) is 13.7. The first-order valence-corrected chi connectivity index (χ1v) is 6.51. The molecule has 0 spiro atoms. The van der Waals surface area contributed by atoms with Crippen molar-refractivity contribution < 1.29 is 9.26 Å². The van der Waals surface area contributed by atoms with E-state index < -0.39 is 0 Å². The first-order valence-electron chi connectivity index (χ1n) is 6.51. The number of para-hydroxylation sites is 1. The molecule has 0 aliphatic rings. The highest BCUT2D eigenvalue weighted by atomic mass is 16.5. The Balaban J connectivity index is 2.18. The van der Waals surface area contributed by atoms with Crippen LogP contribution in [0.5, 0.6) is 5.75 Å². The predicted octanol–water partition coefficient (Wildman–Crippen LogP) is 2.42. The lowest BCUT2D eigenvalue weighted by atomic mass is 10.2. The summed E-state index contributed by atoms with van der Waals surface area (Å²) in [6, 6.07) is 7.80. The van der Waals surface area contributed by atoms with Gasteiger partial charge in [0.1, 0.15) is 5.75 Å². The molecule has 0 fully saturated rings. The number of nitrogens with two attached hydrogens (primary N) is 1. The van der Waals surface area contributed by atoms with Gasteiger partial charge >= 0.3 is 0 Å². The molecule has 5 heteroatoms. The fourth-order valence-electron chi connectivity index (χ4n) is 1.75. The largest absolute Gasteiger partial charge is 0.493 e. The number of hydrogen-bond donors (Lipinski definition) is 1. The van der Waals surface area contributed by atoms with Gasteiger partial charge in [0.25, 0.3) is 0 Å². The van der Waals surface area contributed by atoms with Crippen molar-refractivity contribution in [2.45, 2.75) is 32.7 Å². The molecular formula is C14H19N3O2. The molecule has 0 aliphatic carbocycles. The average molecular weight is 261 g/mol. The smallest absolute Gasteiger partial charge is 0.227 e. The number of aryl methyl sites for hydroxylation is 1. The van der Waals surface area contributed by atoms with E-state index in [0.29, 0.717) is 24.7 Å². The molecule has 0 aliphatic heterocycles. The SMILES string of the molecule is CCOc1ccccc1-c1noc(CCC(C)N)n1. The summed E-state index contributed by atoms with van der Waals surface area (Å²) in [5.74, 6) is 1.94.